The normalized spacial score (nSPS) is 11.3. The second kappa shape index (κ2) is 6.82. The highest BCUT2D eigenvalue weighted by atomic mass is 32.1. The van der Waals surface area contributed by atoms with Crippen LogP contribution in [0.15, 0.2) is 22.6 Å². The van der Waals surface area contributed by atoms with Gasteiger partial charge in [-0.25, -0.2) is 9.97 Å². The molecule has 0 spiro atoms. The molecule has 0 saturated carbocycles. The topological polar surface area (TPSA) is 76.9 Å². The summed E-state index contributed by atoms with van der Waals surface area (Å²) in [7, 11) is 0. The molecule has 0 radical (unpaired) electrons. The van der Waals surface area contributed by atoms with Crippen molar-refractivity contribution in [3.05, 3.63) is 38.7 Å². The second-order valence-corrected chi connectivity index (χ2v) is 7.72. The fraction of sp³-hybridized carbons (Fsp3) is 0.375. The van der Waals surface area contributed by atoms with E-state index in [9.17, 15) is 9.59 Å². The molecular weight excluding hydrogens is 344 g/mol. The Morgan fingerprint density at radius 3 is 2.88 bits per heavy atom. The van der Waals surface area contributed by atoms with Crippen LogP contribution in [0.2, 0.25) is 0 Å². The zero-order chi connectivity index (χ0) is 17.3. The average molecular weight is 362 g/mol. The molecule has 1 N–H and O–H groups in total. The van der Waals surface area contributed by atoms with Crippen molar-refractivity contribution in [3.63, 3.8) is 0 Å². The third-order valence-corrected chi connectivity index (χ3v) is 5.55. The molecule has 0 atom stereocenters. The highest BCUT2D eigenvalue weighted by Crippen LogP contribution is 2.22. The van der Waals surface area contributed by atoms with Gasteiger partial charge in [0, 0.05) is 10.3 Å². The van der Waals surface area contributed by atoms with E-state index >= 15 is 0 Å². The van der Waals surface area contributed by atoms with Crippen molar-refractivity contribution < 1.29 is 4.79 Å². The number of carbonyl (C=O) groups excluding carboxylic acids is 1. The Kier molecular flexibility index (Phi) is 4.77. The van der Waals surface area contributed by atoms with E-state index in [0.717, 1.165) is 21.8 Å². The summed E-state index contributed by atoms with van der Waals surface area (Å²) in [6, 6.07) is 1.86. The van der Waals surface area contributed by atoms with Crippen LogP contribution in [0.4, 0.5) is 5.13 Å². The van der Waals surface area contributed by atoms with Gasteiger partial charge in [-0.2, -0.15) is 0 Å². The Morgan fingerprint density at radius 1 is 1.42 bits per heavy atom. The van der Waals surface area contributed by atoms with Crippen LogP contribution in [0.3, 0.4) is 0 Å². The molecule has 0 aliphatic rings. The number of nitrogens with one attached hydrogen (secondary N) is 1. The number of thiazole rings is 1. The highest BCUT2D eigenvalue weighted by molar-refractivity contribution is 7.18. The number of aromatic nitrogens is 3. The molecule has 6 nitrogen and oxygen atoms in total. The van der Waals surface area contributed by atoms with Crippen molar-refractivity contribution in [2.45, 2.75) is 39.7 Å². The van der Waals surface area contributed by atoms with Gasteiger partial charge in [0.2, 0.25) is 5.91 Å². The highest BCUT2D eigenvalue weighted by Gasteiger charge is 2.13. The largest absolute Gasteiger partial charge is 0.300 e. The minimum Gasteiger partial charge on any atom is -0.300 e. The SMILES string of the molecule is CCc1cc2c(=O)n(CC(=O)Nc3nc(C(C)C)cs3)cnc2s1. The molecule has 3 heterocycles. The first kappa shape index (κ1) is 16.8. The summed E-state index contributed by atoms with van der Waals surface area (Å²) in [6.45, 7) is 6.06. The fourth-order valence-electron chi connectivity index (χ4n) is 2.22. The van der Waals surface area contributed by atoms with Crippen LogP contribution in [0, 0.1) is 0 Å². The van der Waals surface area contributed by atoms with Crippen LogP contribution in [-0.2, 0) is 17.8 Å². The molecule has 0 aliphatic heterocycles. The zero-order valence-electron chi connectivity index (χ0n) is 13.7. The molecule has 3 rings (SSSR count). The van der Waals surface area contributed by atoms with Crippen LogP contribution in [0.25, 0.3) is 10.2 Å². The summed E-state index contributed by atoms with van der Waals surface area (Å²) in [4.78, 5) is 35.1. The molecule has 0 fully saturated rings. The first-order valence-electron chi connectivity index (χ1n) is 7.71. The summed E-state index contributed by atoms with van der Waals surface area (Å²) in [5, 5.41) is 5.79. The van der Waals surface area contributed by atoms with E-state index < -0.39 is 0 Å². The average Bonchev–Trinajstić information content (AvgIpc) is 3.17. The van der Waals surface area contributed by atoms with E-state index in [1.807, 2.05) is 32.2 Å². The van der Waals surface area contributed by atoms with Crippen molar-refractivity contribution in [1.82, 2.24) is 14.5 Å². The van der Waals surface area contributed by atoms with Gasteiger partial charge in [-0.15, -0.1) is 22.7 Å². The lowest BCUT2D eigenvalue weighted by Crippen LogP contribution is -2.27. The van der Waals surface area contributed by atoms with E-state index in [-0.39, 0.29) is 18.0 Å². The van der Waals surface area contributed by atoms with Crippen LogP contribution in [0.5, 0.6) is 0 Å². The number of aryl methyl sites for hydroxylation is 1. The minimum atomic E-state index is -0.283. The summed E-state index contributed by atoms with van der Waals surface area (Å²) in [6.07, 6.45) is 2.30. The van der Waals surface area contributed by atoms with Gasteiger partial charge in [0.1, 0.15) is 11.4 Å². The molecule has 0 aromatic carbocycles. The molecule has 0 bridgehead atoms. The maximum atomic E-state index is 12.5. The molecule has 3 aromatic heterocycles. The van der Waals surface area contributed by atoms with Gasteiger partial charge >= 0.3 is 0 Å². The van der Waals surface area contributed by atoms with Gasteiger partial charge in [-0.05, 0) is 18.4 Å². The van der Waals surface area contributed by atoms with Crippen molar-refractivity contribution in [1.29, 1.82) is 0 Å². The first-order chi connectivity index (χ1) is 11.5. The standard InChI is InChI=1S/C16H18N4O2S2/c1-4-10-5-11-14(24-10)17-8-20(15(11)22)6-13(21)19-16-18-12(7-23-16)9(2)3/h5,7-9H,4,6H2,1-3H3,(H,18,19,21). The third kappa shape index (κ3) is 3.39. The van der Waals surface area contributed by atoms with Gasteiger partial charge < -0.3 is 5.32 Å². The predicted octanol–water partition coefficient (Wildman–Crippen LogP) is 3.24. The Morgan fingerprint density at radius 2 is 2.21 bits per heavy atom. The minimum absolute atomic E-state index is 0.0737. The van der Waals surface area contributed by atoms with Crippen molar-refractivity contribution in [3.8, 4) is 0 Å². The molecule has 0 unspecified atom stereocenters. The Balaban J connectivity index is 1.77. The number of rotatable bonds is 5. The number of thiophene rings is 1. The van der Waals surface area contributed by atoms with E-state index in [0.29, 0.717) is 16.4 Å². The van der Waals surface area contributed by atoms with Gasteiger partial charge in [0.05, 0.1) is 17.4 Å². The smallest absolute Gasteiger partial charge is 0.262 e. The number of fused-ring (bicyclic) bond motifs is 1. The van der Waals surface area contributed by atoms with Crippen LogP contribution in [-0.4, -0.2) is 20.4 Å². The maximum Gasteiger partial charge on any atom is 0.262 e. The molecule has 24 heavy (non-hydrogen) atoms. The fourth-order valence-corrected chi connectivity index (χ4v) is 4.03. The van der Waals surface area contributed by atoms with Crippen molar-refractivity contribution in [2.75, 3.05) is 5.32 Å². The Labute approximate surface area is 147 Å². The number of hydrogen-bond acceptors (Lipinski definition) is 6. The van der Waals surface area contributed by atoms with Crippen LogP contribution >= 0.6 is 22.7 Å². The number of amides is 1. The number of hydrogen-bond donors (Lipinski definition) is 1. The lowest BCUT2D eigenvalue weighted by molar-refractivity contribution is -0.116. The van der Waals surface area contributed by atoms with E-state index in [1.54, 1.807) is 0 Å². The molecule has 3 aromatic rings. The molecular formula is C16H18N4O2S2. The molecule has 126 valence electrons. The zero-order valence-corrected chi connectivity index (χ0v) is 15.3. The Bertz CT molecular complexity index is 939. The monoisotopic (exact) mass is 362 g/mol. The Hall–Kier alpha value is -2.06. The lowest BCUT2D eigenvalue weighted by atomic mass is 10.2. The van der Waals surface area contributed by atoms with E-state index in [2.05, 4.69) is 15.3 Å². The van der Waals surface area contributed by atoms with Gasteiger partial charge in [0.15, 0.2) is 5.13 Å². The summed E-state index contributed by atoms with van der Waals surface area (Å²) >= 11 is 2.90. The molecule has 0 saturated heterocycles. The van der Waals surface area contributed by atoms with Crippen LogP contribution in [0.1, 0.15) is 37.3 Å². The van der Waals surface area contributed by atoms with Gasteiger partial charge in [-0.1, -0.05) is 20.8 Å². The van der Waals surface area contributed by atoms with Crippen molar-refractivity contribution in [2.24, 2.45) is 0 Å². The summed E-state index contributed by atoms with van der Waals surface area (Å²) in [5.74, 6) is 0.0290. The summed E-state index contributed by atoms with van der Waals surface area (Å²) in [5.41, 5.74) is 0.758. The van der Waals surface area contributed by atoms with E-state index in [4.69, 9.17) is 0 Å². The maximum absolute atomic E-state index is 12.5. The van der Waals surface area contributed by atoms with Crippen molar-refractivity contribution >= 4 is 43.9 Å². The van der Waals surface area contributed by atoms with Gasteiger partial charge in [0.25, 0.3) is 5.56 Å². The molecule has 1 amide bonds. The van der Waals surface area contributed by atoms with Crippen LogP contribution < -0.4 is 10.9 Å². The number of anilines is 1. The van der Waals surface area contributed by atoms with Gasteiger partial charge in [-0.3, -0.25) is 14.2 Å². The second-order valence-electron chi connectivity index (χ2n) is 5.74. The number of nitrogens with zero attached hydrogens (tertiary/aromatic N) is 3. The lowest BCUT2D eigenvalue weighted by Gasteiger charge is -2.05. The molecule has 8 heteroatoms. The third-order valence-electron chi connectivity index (χ3n) is 3.59. The summed E-state index contributed by atoms with van der Waals surface area (Å²) < 4.78 is 1.33. The predicted molar refractivity (Wildman–Crippen MR) is 98.1 cm³/mol. The first-order valence-corrected chi connectivity index (χ1v) is 9.40. The van der Waals surface area contributed by atoms with E-state index in [1.165, 1.54) is 33.6 Å². The quantitative estimate of drug-likeness (QED) is 0.756. The molecule has 0 aliphatic carbocycles. The number of carbonyl (C=O) groups is 1.